The largest absolute Gasteiger partial charge is 0.336 e. The normalized spacial score (nSPS) is 21.0. The van der Waals surface area contributed by atoms with Crippen LogP contribution in [0.5, 0.6) is 0 Å². The van der Waals surface area contributed by atoms with Crippen molar-refractivity contribution in [2.45, 2.75) is 38.8 Å². The van der Waals surface area contributed by atoms with Crippen molar-refractivity contribution in [3.63, 3.8) is 0 Å². The number of amides is 4. The van der Waals surface area contributed by atoms with E-state index in [9.17, 15) is 19.6 Å². The highest BCUT2D eigenvalue weighted by Gasteiger charge is 2.49. The number of fused-ring (bicyclic) bond motifs is 1. The van der Waals surface area contributed by atoms with E-state index >= 15 is 0 Å². The molecule has 2 aromatic rings. The fraction of sp³-hybridized carbons (Fsp3) is 0.364. The molecule has 150 valence electrons. The number of carbonyl (C=O) groups excluding carboxylic acids is 3. The summed E-state index contributed by atoms with van der Waals surface area (Å²) in [6, 6.07) is 14.7. The highest BCUT2D eigenvalue weighted by molar-refractivity contribution is 6.09. The molecule has 0 aliphatic carbocycles. The number of urea groups is 1. The Kier molecular flexibility index (Phi) is 5.05. The average molecular weight is 392 g/mol. The van der Waals surface area contributed by atoms with Gasteiger partial charge in [0.2, 0.25) is 5.91 Å². The third-order valence-corrected chi connectivity index (χ3v) is 5.69. The number of hydrogen-bond donors (Lipinski definition) is 2. The molecule has 1 aliphatic heterocycles. The smallest absolute Gasteiger partial charge is 0.325 e. The Bertz CT molecular complexity index is 1040. The molecule has 2 atom stereocenters. The van der Waals surface area contributed by atoms with Gasteiger partial charge in [-0.05, 0) is 42.2 Å². The molecule has 3 rings (SSSR count). The summed E-state index contributed by atoms with van der Waals surface area (Å²) < 4.78 is 0. The molecule has 0 saturated carbocycles. The molecule has 2 aromatic carbocycles. The molecule has 1 saturated heterocycles. The molecule has 0 bridgehead atoms. The molecule has 0 unspecified atom stereocenters. The number of carbonyl (C=O) groups is 3. The quantitative estimate of drug-likeness (QED) is 0.764. The minimum absolute atomic E-state index is 0.137. The highest BCUT2D eigenvalue weighted by Crippen LogP contribution is 2.31. The number of imide groups is 1. The Hall–Kier alpha value is -3.40. The van der Waals surface area contributed by atoms with Crippen molar-refractivity contribution in [1.82, 2.24) is 15.5 Å². The van der Waals surface area contributed by atoms with E-state index in [1.807, 2.05) is 50.2 Å². The Morgan fingerprint density at radius 3 is 2.52 bits per heavy atom. The maximum atomic E-state index is 13.1. The number of nitriles is 1. The second-order valence-corrected chi connectivity index (χ2v) is 8.03. The molecular weight excluding hydrogens is 368 g/mol. The standard InChI is InChI=1S/C22H24N4O3/c1-14(2)21(3,13-23)24-18(27)12-26-19(28)22(4,25-20(26)29)17-10-9-15-7-5-6-8-16(15)11-17/h5-11,14H,12H2,1-4H3,(H,24,27)(H,25,29)/t21-,22+/m0/s1. The van der Waals surface area contributed by atoms with E-state index in [0.29, 0.717) is 5.56 Å². The van der Waals surface area contributed by atoms with Crippen LogP contribution in [0.2, 0.25) is 0 Å². The summed E-state index contributed by atoms with van der Waals surface area (Å²) in [5.41, 5.74) is -1.71. The minimum atomic E-state index is -1.27. The molecule has 2 N–H and O–H groups in total. The van der Waals surface area contributed by atoms with Gasteiger partial charge in [-0.15, -0.1) is 0 Å². The van der Waals surface area contributed by atoms with Crippen molar-refractivity contribution in [3.05, 3.63) is 48.0 Å². The van der Waals surface area contributed by atoms with E-state index in [1.165, 1.54) is 0 Å². The van der Waals surface area contributed by atoms with Gasteiger partial charge in [0.15, 0.2) is 0 Å². The highest BCUT2D eigenvalue weighted by atomic mass is 16.2. The lowest BCUT2D eigenvalue weighted by Gasteiger charge is -2.28. The first-order valence-electron chi connectivity index (χ1n) is 9.46. The van der Waals surface area contributed by atoms with Crippen LogP contribution in [0.1, 0.15) is 33.3 Å². The Balaban J connectivity index is 1.83. The molecular formula is C22H24N4O3. The van der Waals surface area contributed by atoms with Gasteiger partial charge in [-0.2, -0.15) is 5.26 Å². The van der Waals surface area contributed by atoms with E-state index in [1.54, 1.807) is 19.9 Å². The first-order chi connectivity index (χ1) is 13.6. The van der Waals surface area contributed by atoms with Gasteiger partial charge >= 0.3 is 6.03 Å². The zero-order valence-corrected chi connectivity index (χ0v) is 16.9. The van der Waals surface area contributed by atoms with Crippen LogP contribution in [-0.4, -0.2) is 34.8 Å². The minimum Gasteiger partial charge on any atom is -0.336 e. The van der Waals surface area contributed by atoms with Crippen LogP contribution in [0.3, 0.4) is 0 Å². The van der Waals surface area contributed by atoms with Crippen LogP contribution in [0.4, 0.5) is 4.79 Å². The topological polar surface area (TPSA) is 102 Å². The van der Waals surface area contributed by atoms with Crippen molar-refractivity contribution < 1.29 is 14.4 Å². The van der Waals surface area contributed by atoms with E-state index in [4.69, 9.17) is 0 Å². The average Bonchev–Trinajstić information content (AvgIpc) is 2.91. The zero-order chi connectivity index (χ0) is 21.4. The number of benzene rings is 2. The summed E-state index contributed by atoms with van der Waals surface area (Å²) in [7, 11) is 0. The summed E-state index contributed by atoms with van der Waals surface area (Å²) in [6.45, 7) is 6.42. The maximum absolute atomic E-state index is 13.1. The predicted octanol–water partition coefficient (Wildman–Crippen LogP) is 2.66. The van der Waals surface area contributed by atoms with Crippen molar-refractivity contribution in [2.24, 2.45) is 5.92 Å². The maximum Gasteiger partial charge on any atom is 0.325 e. The SMILES string of the molecule is CC(C)[C@](C)(C#N)NC(=O)CN1C(=O)N[C@](C)(c2ccc3ccccc3c2)C1=O. The molecule has 7 heteroatoms. The molecule has 1 aliphatic rings. The predicted molar refractivity (Wildman–Crippen MR) is 109 cm³/mol. The number of rotatable bonds is 5. The van der Waals surface area contributed by atoms with E-state index in [-0.39, 0.29) is 5.92 Å². The lowest BCUT2D eigenvalue weighted by atomic mass is 9.89. The summed E-state index contributed by atoms with van der Waals surface area (Å²) in [6.07, 6.45) is 0. The first-order valence-corrected chi connectivity index (χ1v) is 9.46. The van der Waals surface area contributed by atoms with Crippen molar-refractivity contribution in [1.29, 1.82) is 5.26 Å². The van der Waals surface area contributed by atoms with Crippen molar-refractivity contribution in [2.75, 3.05) is 6.54 Å². The Morgan fingerprint density at radius 2 is 1.90 bits per heavy atom. The summed E-state index contributed by atoms with van der Waals surface area (Å²) >= 11 is 0. The third-order valence-electron chi connectivity index (χ3n) is 5.69. The van der Waals surface area contributed by atoms with Gasteiger partial charge in [-0.25, -0.2) is 4.79 Å². The van der Waals surface area contributed by atoms with Crippen LogP contribution >= 0.6 is 0 Å². The number of nitrogens with zero attached hydrogens (tertiary/aromatic N) is 2. The number of nitrogens with one attached hydrogen (secondary N) is 2. The van der Waals surface area contributed by atoms with Crippen LogP contribution in [-0.2, 0) is 15.1 Å². The molecule has 29 heavy (non-hydrogen) atoms. The molecule has 1 heterocycles. The Labute approximate surface area is 169 Å². The zero-order valence-electron chi connectivity index (χ0n) is 16.9. The van der Waals surface area contributed by atoms with Gasteiger partial charge < -0.3 is 10.6 Å². The van der Waals surface area contributed by atoms with E-state index < -0.39 is 35.5 Å². The fourth-order valence-corrected chi connectivity index (χ4v) is 3.31. The van der Waals surface area contributed by atoms with Gasteiger partial charge in [0.25, 0.3) is 5.91 Å². The summed E-state index contributed by atoms with van der Waals surface area (Å²) in [5.74, 6) is -1.20. The third kappa shape index (κ3) is 3.54. The van der Waals surface area contributed by atoms with Gasteiger partial charge in [0.05, 0.1) is 6.07 Å². The molecule has 7 nitrogen and oxygen atoms in total. The van der Waals surface area contributed by atoms with Gasteiger partial charge in [-0.1, -0.05) is 50.2 Å². The second kappa shape index (κ2) is 7.21. The summed E-state index contributed by atoms with van der Waals surface area (Å²) in [5, 5.41) is 16.7. The van der Waals surface area contributed by atoms with Crippen LogP contribution in [0.15, 0.2) is 42.5 Å². The molecule has 0 spiro atoms. The number of hydrogen-bond acceptors (Lipinski definition) is 4. The fourth-order valence-electron chi connectivity index (χ4n) is 3.31. The monoisotopic (exact) mass is 392 g/mol. The molecule has 0 radical (unpaired) electrons. The summed E-state index contributed by atoms with van der Waals surface area (Å²) in [4.78, 5) is 38.9. The second-order valence-electron chi connectivity index (χ2n) is 8.03. The van der Waals surface area contributed by atoms with Gasteiger partial charge in [0, 0.05) is 0 Å². The molecule has 4 amide bonds. The van der Waals surface area contributed by atoms with Gasteiger partial charge in [-0.3, -0.25) is 14.5 Å². The van der Waals surface area contributed by atoms with Crippen LogP contribution in [0, 0.1) is 17.2 Å². The van der Waals surface area contributed by atoms with Crippen molar-refractivity contribution >= 4 is 28.6 Å². The van der Waals surface area contributed by atoms with Crippen LogP contribution in [0.25, 0.3) is 10.8 Å². The molecule has 0 aromatic heterocycles. The Morgan fingerprint density at radius 1 is 1.24 bits per heavy atom. The van der Waals surface area contributed by atoms with Crippen LogP contribution < -0.4 is 10.6 Å². The lowest BCUT2D eigenvalue weighted by molar-refractivity contribution is -0.135. The van der Waals surface area contributed by atoms with E-state index in [2.05, 4.69) is 16.7 Å². The van der Waals surface area contributed by atoms with Crippen molar-refractivity contribution in [3.8, 4) is 6.07 Å². The van der Waals surface area contributed by atoms with E-state index in [0.717, 1.165) is 15.7 Å². The molecule has 1 fully saturated rings. The first kappa shape index (κ1) is 20.3. The van der Waals surface area contributed by atoms with Gasteiger partial charge in [0.1, 0.15) is 17.6 Å². The lowest BCUT2D eigenvalue weighted by Crippen LogP contribution is -2.52.